The van der Waals surface area contributed by atoms with Crippen LogP contribution in [-0.2, 0) is 10.2 Å². The van der Waals surface area contributed by atoms with Crippen molar-refractivity contribution in [2.45, 2.75) is 65.8 Å². The molecule has 168 valence electrons. The molecule has 0 aromatic heterocycles. The van der Waals surface area contributed by atoms with Gasteiger partial charge in [-0.25, -0.2) is 0 Å². The Kier molecular flexibility index (Phi) is 8.16. The van der Waals surface area contributed by atoms with Crippen molar-refractivity contribution < 1.29 is 4.79 Å². The van der Waals surface area contributed by atoms with E-state index in [4.69, 9.17) is 0 Å². The number of aliphatic imine (C=N–C) groups is 1. The van der Waals surface area contributed by atoms with Crippen molar-refractivity contribution in [3.63, 3.8) is 0 Å². The van der Waals surface area contributed by atoms with E-state index < -0.39 is 0 Å². The second-order valence-electron chi connectivity index (χ2n) is 10.2. The quantitative estimate of drug-likeness (QED) is 0.392. The van der Waals surface area contributed by atoms with Crippen LogP contribution in [0.15, 0.2) is 29.3 Å². The van der Waals surface area contributed by atoms with Gasteiger partial charge in [-0.15, -0.1) is 0 Å². The summed E-state index contributed by atoms with van der Waals surface area (Å²) in [5.74, 6) is 0.864. The van der Waals surface area contributed by atoms with Crippen LogP contribution in [0.25, 0.3) is 0 Å². The zero-order chi connectivity index (χ0) is 22.4. The number of anilines is 1. The van der Waals surface area contributed by atoms with Crippen molar-refractivity contribution in [2.75, 3.05) is 38.1 Å². The molecule has 1 aliphatic rings. The number of amides is 1. The third kappa shape index (κ3) is 7.22. The first-order chi connectivity index (χ1) is 14.0. The summed E-state index contributed by atoms with van der Waals surface area (Å²) >= 11 is 0. The Hall–Kier alpha value is -2.24. The molecule has 1 amide bonds. The van der Waals surface area contributed by atoms with E-state index in [1.165, 1.54) is 11.3 Å². The first kappa shape index (κ1) is 24.0. The second-order valence-corrected chi connectivity index (χ2v) is 10.2. The van der Waals surface area contributed by atoms with Gasteiger partial charge in [-0.1, -0.05) is 53.7 Å². The van der Waals surface area contributed by atoms with E-state index in [-0.39, 0.29) is 16.7 Å². The second kappa shape index (κ2) is 10.2. The normalized spacial score (nSPS) is 16.4. The van der Waals surface area contributed by atoms with Crippen molar-refractivity contribution in [1.82, 2.24) is 16.0 Å². The minimum absolute atomic E-state index is 0.0650. The lowest BCUT2D eigenvalue weighted by atomic mass is 9.87. The molecule has 1 heterocycles. The van der Waals surface area contributed by atoms with Gasteiger partial charge in [0.1, 0.15) is 0 Å². The minimum Gasteiger partial charge on any atom is -0.371 e. The summed E-state index contributed by atoms with van der Waals surface area (Å²) < 4.78 is 0. The highest BCUT2D eigenvalue weighted by molar-refractivity contribution is 5.82. The highest BCUT2D eigenvalue weighted by atomic mass is 16.2. The molecule has 1 saturated heterocycles. The lowest BCUT2D eigenvalue weighted by molar-refractivity contribution is -0.128. The molecule has 6 nitrogen and oxygen atoms in total. The third-order valence-corrected chi connectivity index (χ3v) is 5.54. The van der Waals surface area contributed by atoms with Gasteiger partial charge >= 0.3 is 0 Å². The molecule has 0 unspecified atom stereocenters. The molecule has 6 heteroatoms. The highest BCUT2D eigenvalue weighted by Crippen LogP contribution is 2.26. The molecular weight excluding hydrogens is 374 g/mol. The van der Waals surface area contributed by atoms with E-state index in [0.29, 0.717) is 19.1 Å². The molecule has 0 spiro atoms. The van der Waals surface area contributed by atoms with Crippen LogP contribution in [0.1, 0.15) is 59.9 Å². The summed E-state index contributed by atoms with van der Waals surface area (Å²) in [7, 11) is 1.79. The molecular formula is C24H41N5O. The number of carbonyl (C=O) groups excluding carboxylic acids is 1. The van der Waals surface area contributed by atoms with Crippen LogP contribution in [0.4, 0.5) is 5.69 Å². The summed E-state index contributed by atoms with van der Waals surface area (Å²) in [6.45, 7) is 15.8. The van der Waals surface area contributed by atoms with E-state index in [1.54, 1.807) is 7.05 Å². The Morgan fingerprint density at radius 3 is 2.07 bits per heavy atom. The van der Waals surface area contributed by atoms with Gasteiger partial charge < -0.3 is 20.9 Å². The number of piperidine rings is 1. The van der Waals surface area contributed by atoms with E-state index in [9.17, 15) is 4.79 Å². The maximum Gasteiger partial charge on any atom is 0.225 e. The average molecular weight is 416 g/mol. The largest absolute Gasteiger partial charge is 0.371 e. The number of nitrogens with zero attached hydrogens (tertiary/aromatic N) is 2. The number of hydrogen-bond acceptors (Lipinski definition) is 3. The Morgan fingerprint density at radius 1 is 1.00 bits per heavy atom. The predicted octanol–water partition coefficient (Wildman–Crippen LogP) is 3.28. The molecule has 1 aromatic carbocycles. The first-order valence-electron chi connectivity index (χ1n) is 11.1. The number of carbonyl (C=O) groups is 1. The number of nitrogens with one attached hydrogen (secondary N) is 3. The molecule has 1 fully saturated rings. The Bertz CT molecular complexity index is 705. The molecule has 1 aliphatic heterocycles. The van der Waals surface area contributed by atoms with Gasteiger partial charge in [-0.2, -0.15) is 0 Å². The van der Waals surface area contributed by atoms with E-state index in [1.807, 2.05) is 20.8 Å². The van der Waals surface area contributed by atoms with Gasteiger partial charge in [-0.05, 0) is 36.0 Å². The highest BCUT2D eigenvalue weighted by Gasteiger charge is 2.22. The zero-order valence-corrected chi connectivity index (χ0v) is 19.9. The number of guanidine groups is 1. The maximum absolute atomic E-state index is 11.9. The van der Waals surface area contributed by atoms with E-state index >= 15 is 0 Å². The average Bonchev–Trinajstić information content (AvgIpc) is 2.69. The fraction of sp³-hybridized carbons (Fsp3) is 0.667. The molecule has 0 radical (unpaired) electrons. The first-order valence-corrected chi connectivity index (χ1v) is 11.1. The van der Waals surface area contributed by atoms with Gasteiger partial charge in [0, 0.05) is 50.4 Å². The van der Waals surface area contributed by atoms with Crippen LogP contribution in [0.2, 0.25) is 0 Å². The molecule has 1 aromatic rings. The number of benzene rings is 1. The van der Waals surface area contributed by atoms with Crippen LogP contribution in [0, 0.1) is 5.41 Å². The molecule has 3 N–H and O–H groups in total. The van der Waals surface area contributed by atoms with Crippen molar-refractivity contribution >= 4 is 17.6 Å². The SMILES string of the molecule is CN=C(NCCNC(=O)C(C)(C)C)NC1CCN(c2ccc(C(C)(C)C)cc2)CC1. The Balaban J connectivity index is 1.74. The van der Waals surface area contributed by atoms with Gasteiger partial charge in [0.2, 0.25) is 5.91 Å². The van der Waals surface area contributed by atoms with Crippen LogP contribution in [-0.4, -0.2) is 51.1 Å². The van der Waals surface area contributed by atoms with E-state index in [0.717, 1.165) is 31.9 Å². The van der Waals surface area contributed by atoms with Crippen molar-refractivity contribution in [3.05, 3.63) is 29.8 Å². The number of hydrogen-bond donors (Lipinski definition) is 3. The maximum atomic E-state index is 11.9. The molecule has 0 atom stereocenters. The van der Waals surface area contributed by atoms with Gasteiger partial charge in [0.05, 0.1) is 0 Å². The lowest BCUT2D eigenvalue weighted by Gasteiger charge is -2.35. The molecule has 2 rings (SSSR count). The summed E-state index contributed by atoms with van der Waals surface area (Å²) in [6, 6.07) is 9.42. The molecule has 0 aliphatic carbocycles. The fourth-order valence-electron chi connectivity index (χ4n) is 3.46. The van der Waals surface area contributed by atoms with E-state index in [2.05, 4.69) is 70.9 Å². The van der Waals surface area contributed by atoms with Crippen LogP contribution in [0.5, 0.6) is 0 Å². The topological polar surface area (TPSA) is 68.8 Å². The van der Waals surface area contributed by atoms with Crippen LogP contribution >= 0.6 is 0 Å². The molecule has 0 saturated carbocycles. The number of rotatable bonds is 5. The van der Waals surface area contributed by atoms with Gasteiger partial charge in [0.25, 0.3) is 0 Å². The monoisotopic (exact) mass is 415 g/mol. The van der Waals surface area contributed by atoms with Crippen LogP contribution < -0.4 is 20.9 Å². The van der Waals surface area contributed by atoms with Crippen LogP contribution in [0.3, 0.4) is 0 Å². The summed E-state index contributed by atoms with van der Waals surface area (Å²) in [5.41, 5.74) is 2.50. The Labute approximate surface area is 182 Å². The van der Waals surface area contributed by atoms with Gasteiger partial charge in [-0.3, -0.25) is 9.79 Å². The Morgan fingerprint density at radius 2 is 1.57 bits per heavy atom. The molecule has 30 heavy (non-hydrogen) atoms. The van der Waals surface area contributed by atoms with Gasteiger partial charge in [0.15, 0.2) is 5.96 Å². The summed E-state index contributed by atoms with van der Waals surface area (Å²) in [5, 5.41) is 9.77. The fourth-order valence-corrected chi connectivity index (χ4v) is 3.46. The zero-order valence-electron chi connectivity index (χ0n) is 19.9. The lowest BCUT2D eigenvalue weighted by Crippen LogP contribution is -2.50. The minimum atomic E-state index is -0.360. The third-order valence-electron chi connectivity index (χ3n) is 5.54. The van der Waals surface area contributed by atoms with Crippen molar-refractivity contribution in [1.29, 1.82) is 0 Å². The van der Waals surface area contributed by atoms with Crippen molar-refractivity contribution in [3.8, 4) is 0 Å². The summed E-state index contributed by atoms with van der Waals surface area (Å²) in [6.07, 6.45) is 2.14. The smallest absolute Gasteiger partial charge is 0.225 e. The van der Waals surface area contributed by atoms with Crippen molar-refractivity contribution in [2.24, 2.45) is 10.4 Å². The predicted molar refractivity (Wildman–Crippen MR) is 127 cm³/mol. The standard InChI is InChI=1S/C24H41N5O/c1-23(2,3)18-8-10-20(11-9-18)29-16-12-19(13-17-29)28-22(25-7)27-15-14-26-21(30)24(4,5)6/h8-11,19H,12-17H2,1-7H3,(H,26,30)(H2,25,27,28). The molecule has 0 bridgehead atoms. The summed E-state index contributed by atoms with van der Waals surface area (Å²) in [4.78, 5) is 18.7.